The number of piperidine rings is 1. The lowest BCUT2D eigenvalue weighted by Gasteiger charge is -2.37. The molecule has 0 amide bonds. The third kappa shape index (κ3) is 4.45. The topological polar surface area (TPSA) is 58.3 Å². The predicted octanol–water partition coefficient (Wildman–Crippen LogP) is 1.78. The van der Waals surface area contributed by atoms with E-state index in [1.54, 1.807) is 6.33 Å². The highest BCUT2D eigenvalue weighted by Crippen LogP contribution is 2.20. The first kappa shape index (κ1) is 16.8. The van der Waals surface area contributed by atoms with Crippen molar-refractivity contribution in [1.29, 1.82) is 0 Å². The molecule has 0 aromatic carbocycles. The zero-order valence-electron chi connectivity index (χ0n) is 14.4. The maximum atomic E-state index is 4.81. The van der Waals surface area contributed by atoms with Crippen LogP contribution in [0.15, 0.2) is 11.3 Å². The van der Waals surface area contributed by atoms with E-state index in [1.807, 2.05) is 0 Å². The smallest absolute Gasteiger partial charge is 0.193 e. The van der Waals surface area contributed by atoms with Crippen molar-refractivity contribution in [2.75, 3.05) is 26.2 Å². The number of aryl methyl sites for hydroxylation is 1. The molecule has 6 nitrogen and oxygen atoms in total. The number of rotatable bonds is 5. The van der Waals surface area contributed by atoms with Crippen molar-refractivity contribution in [3.8, 4) is 0 Å². The molecule has 2 heterocycles. The lowest BCUT2D eigenvalue weighted by molar-refractivity contribution is 0.208. The highest BCUT2D eigenvalue weighted by Gasteiger charge is 2.23. The Balaban J connectivity index is 1.97. The first-order valence-electron chi connectivity index (χ1n) is 8.53. The molecule has 0 saturated carbocycles. The Morgan fingerprint density at radius 2 is 2.05 bits per heavy atom. The molecular weight excluding hydrogens is 276 g/mol. The van der Waals surface area contributed by atoms with Gasteiger partial charge in [-0.3, -0.25) is 4.99 Å². The van der Waals surface area contributed by atoms with Crippen molar-refractivity contribution in [3.05, 3.63) is 12.2 Å². The van der Waals surface area contributed by atoms with Gasteiger partial charge in [0.2, 0.25) is 0 Å². The van der Waals surface area contributed by atoms with Gasteiger partial charge in [0, 0.05) is 32.6 Å². The molecule has 1 N–H and O–H groups in total. The number of likely N-dealkylation sites (tertiary alicyclic amines) is 1. The Morgan fingerprint density at radius 1 is 1.32 bits per heavy atom. The van der Waals surface area contributed by atoms with Crippen LogP contribution in [-0.2, 0) is 13.0 Å². The van der Waals surface area contributed by atoms with Crippen molar-refractivity contribution >= 4 is 5.96 Å². The number of nitrogens with zero attached hydrogens (tertiary/aromatic N) is 5. The van der Waals surface area contributed by atoms with E-state index >= 15 is 0 Å². The SMILES string of the molecule is CCNC(=NCCn1cnnc1CC)N1CC(C)CC(C)C1. The molecule has 1 saturated heterocycles. The van der Waals surface area contributed by atoms with Crippen LogP contribution < -0.4 is 5.32 Å². The van der Waals surface area contributed by atoms with E-state index < -0.39 is 0 Å². The molecule has 2 atom stereocenters. The van der Waals surface area contributed by atoms with Crippen LogP contribution >= 0.6 is 0 Å². The third-order valence-corrected chi connectivity index (χ3v) is 4.12. The molecule has 0 aliphatic carbocycles. The number of hydrogen-bond donors (Lipinski definition) is 1. The Bertz CT molecular complexity index is 471. The van der Waals surface area contributed by atoms with Gasteiger partial charge in [0.1, 0.15) is 12.2 Å². The van der Waals surface area contributed by atoms with Gasteiger partial charge in [-0.25, -0.2) is 0 Å². The summed E-state index contributed by atoms with van der Waals surface area (Å²) in [6.07, 6.45) is 4.02. The summed E-state index contributed by atoms with van der Waals surface area (Å²) in [4.78, 5) is 7.22. The summed E-state index contributed by atoms with van der Waals surface area (Å²) < 4.78 is 2.09. The first-order chi connectivity index (χ1) is 10.6. The first-order valence-corrected chi connectivity index (χ1v) is 8.53. The van der Waals surface area contributed by atoms with Crippen molar-refractivity contribution in [2.45, 2.75) is 47.1 Å². The highest BCUT2D eigenvalue weighted by molar-refractivity contribution is 5.80. The number of hydrogen-bond acceptors (Lipinski definition) is 3. The Labute approximate surface area is 134 Å². The molecule has 0 radical (unpaired) electrons. The average Bonchev–Trinajstić information content (AvgIpc) is 2.93. The molecule has 0 bridgehead atoms. The van der Waals surface area contributed by atoms with E-state index in [0.717, 1.165) is 62.8 Å². The quantitative estimate of drug-likeness (QED) is 0.665. The molecule has 2 rings (SSSR count). The van der Waals surface area contributed by atoms with Crippen molar-refractivity contribution in [3.63, 3.8) is 0 Å². The molecule has 6 heteroatoms. The fourth-order valence-electron chi connectivity index (χ4n) is 3.26. The molecule has 124 valence electrons. The third-order valence-electron chi connectivity index (χ3n) is 4.12. The second-order valence-corrected chi connectivity index (χ2v) is 6.38. The van der Waals surface area contributed by atoms with Gasteiger partial charge in [0.05, 0.1) is 6.54 Å². The lowest BCUT2D eigenvalue weighted by Crippen LogP contribution is -2.48. The van der Waals surface area contributed by atoms with Crippen molar-refractivity contribution in [1.82, 2.24) is 25.0 Å². The zero-order chi connectivity index (χ0) is 15.9. The summed E-state index contributed by atoms with van der Waals surface area (Å²) >= 11 is 0. The maximum Gasteiger partial charge on any atom is 0.193 e. The fraction of sp³-hybridized carbons (Fsp3) is 0.812. The molecule has 1 aromatic heterocycles. The molecule has 22 heavy (non-hydrogen) atoms. The highest BCUT2D eigenvalue weighted by atomic mass is 15.3. The zero-order valence-corrected chi connectivity index (χ0v) is 14.4. The molecule has 1 aromatic rings. The molecule has 0 spiro atoms. The van der Waals surface area contributed by atoms with Crippen LogP contribution in [0.25, 0.3) is 0 Å². The van der Waals surface area contributed by atoms with Crippen LogP contribution in [0.1, 0.15) is 39.9 Å². The minimum Gasteiger partial charge on any atom is -0.357 e. The normalized spacial score (nSPS) is 22.9. The lowest BCUT2D eigenvalue weighted by atomic mass is 9.92. The number of nitrogens with one attached hydrogen (secondary N) is 1. The Morgan fingerprint density at radius 3 is 2.68 bits per heavy atom. The van der Waals surface area contributed by atoms with E-state index in [2.05, 4.69) is 52.7 Å². The van der Waals surface area contributed by atoms with Crippen molar-refractivity contribution < 1.29 is 0 Å². The Hall–Kier alpha value is -1.59. The van der Waals surface area contributed by atoms with Gasteiger partial charge in [-0.15, -0.1) is 10.2 Å². The predicted molar refractivity (Wildman–Crippen MR) is 89.9 cm³/mol. The number of aliphatic imine (C=N–C) groups is 1. The van der Waals surface area contributed by atoms with E-state index in [1.165, 1.54) is 6.42 Å². The van der Waals surface area contributed by atoms with Crippen LogP contribution in [0.2, 0.25) is 0 Å². The summed E-state index contributed by atoms with van der Waals surface area (Å²) in [5, 5.41) is 11.5. The number of aromatic nitrogens is 3. The number of guanidine groups is 1. The molecule has 2 unspecified atom stereocenters. The van der Waals surface area contributed by atoms with Gasteiger partial charge in [0.15, 0.2) is 5.96 Å². The van der Waals surface area contributed by atoms with Gasteiger partial charge < -0.3 is 14.8 Å². The summed E-state index contributed by atoms with van der Waals surface area (Å²) in [7, 11) is 0. The minimum absolute atomic E-state index is 0.733. The fourth-order valence-corrected chi connectivity index (χ4v) is 3.26. The summed E-state index contributed by atoms with van der Waals surface area (Å²) in [5.74, 6) is 3.54. The summed E-state index contributed by atoms with van der Waals surface area (Å²) in [6.45, 7) is 13.6. The van der Waals surface area contributed by atoms with E-state index in [-0.39, 0.29) is 0 Å². The molecule has 1 fully saturated rings. The van der Waals surface area contributed by atoms with Crippen LogP contribution in [-0.4, -0.2) is 51.8 Å². The molecule has 1 aliphatic rings. The average molecular weight is 306 g/mol. The van der Waals surface area contributed by atoms with E-state index in [9.17, 15) is 0 Å². The van der Waals surface area contributed by atoms with Crippen LogP contribution in [0, 0.1) is 11.8 Å². The Kier molecular flexibility index (Phi) is 6.21. The van der Waals surface area contributed by atoms with Gasteiger partial charge in [-0.1, -0.05) is 20.8 Å². The summed E-state index contributed by atoms with van der Waals surface area (Å²) in [6, 6.07) is 0. The second kappa shape index (κ2) is 8.15. The minimum atomic E-state index is 0.733. The van der Waals surface area contributed by atoms with Gasteiger partial charge in [-0.05, 0) is 25.2 Å². The monoisotopic (exact) mass is 306 g/mol. The standard InChI is InChI=1S/C16H30N6/c1-5-15-20-19-12-21(15)8-7-18-16(17-6-2)22-10-13(3)9-14(4)11-22/h12-14H,5-11H2,1-4H3,(H,17,18). The van der Waals surface area contributed by atoms with Crippen LogP contribution in [0.4, 0.5) is 0 Å². The van der Waals surface area contributed by atoms with Crippen LogP contribution in [0.5, 0.6) is 0 Å². The second-order valence-electron chi connectivity index (χ2n) is 6.38. The van der Waals surface area contributed by atoms with Crippen LogP contribution in [0.3, 0.4) is 0 Å². The van der Waals surface area contributed by atoms with E-state index in [0.29, 0.717) is 0 Å². The summed E-state index contributed by atoms with van der Waals surface area (Å²) in [5.41, 5.74) is 0. The van der Waals surface area contributed by atoms with Crippen molar-refractivity contribution in [2.24, 2.45) is 16.8 Å². The molecule has 1 aliphatic heterocycles. The van der Waals surface area contributed by atoms with Gasteiger partial charge in [0.25, 0.3) is 0 Å². The van der Waals surface area contributed by atoms with Gasteiger partial charge >= 0.3 is 0 Å². The molecular formula is C16H30N6. The van der Waals surface area contributed by atoms with Gasteiger partial charge in [-0.2, -0.15) is 0 Å². The van der Waals surface area contributed by atoms with E-state index in [4.69, 9.17) is 4.99 Å². The maximum absolute atomic E-state index is 4.81. The largest absolute Gasteiger partial charge is 0.357 e.